The SMILES string of the molecule is CC(=O)c1ccc(C=CCNC(=O)OC(C)(C)C)cc1Cl. The van der Waals surface area contributed by atoms with Crippen LogP contribution >= 0.6 is 11.6 Å². The van der Waals surface area contributed by atoms with Crippen molar-refractivity contribution >= 4 is 29.6 Å². The molecule has 114 valence electrons. The average Bonchev–Trinajstić information content (AvgIpc) is 2.32. The van der Waals surface area contributed by atoms with Crippen LogP contribution in [0.1, 0.15) is 43.6 Å². The van der Waals surface area contributed by atoms with Crippen molar-refractivity contribution < 1.29 is 14.3 Å². The van der Waals surface area contributed by atoms with E-state index in [-0.39, 0.29) is 5.78 Å². The highest BCUT2D eigenvalue weighted by atomic mass is 35.5. The first-order chi connectivity index (χ1) is 9.69. The standard InChI is InChI=1S/C16H20ClNO3/c1-11(19)13-8-7-12(10-14(13)17)6-5-9-18-15(20)21-16(2,3)4/h5-8,10H,9H2,1-4H3,(H,18,20). The van der Waals surface area contributed by atoms with Gasteiger partial charge in [0.25, 0.3) is 0 Å². The van der Waals surface area contributed by atoms with Gasteiger partial charge in [0.2, 0.25) is 0 Å². The third-order valence-electron chi connectivity index (χ3n) is 2.45. The number of ketones is 1. The number of carbonyl (C=O) groups excluding carboxylic acids is 2. The molecule has 0 spiro atoms. The van der Waals surface area contributed by atoms with Crippen LogP contribution in [0.15, 0.2) is 24.3 Å². The number of ether oxygens (including phenoxy) is 1. The van der Waals surface area contributed by atoms with E-state index in [9.17, 15) is 9.59 Å². The van der Waals surface area contributed by atoms with Gasteiger partial charge in [-0.2, -0.15) is 0 Å². The first-order valence-corrected chi connectivity index (χ1v) is 7.01. The molecule has 0 fully saturated rings. The summed E-state index contributed by atoms with van der Waals surface area (Å²) in [5, 5.41) is 3.04. The molecule has 0 radical (unpaired) electrons. The molecule has 0 unspecified atom stereocenters. The zero-order chi connectivity index (χ0) is 16.0. The molecule has 4 nitrogen and oxygen atoms in total. The van der Waals surface area contributed by atoms with Crippen LogP contribution in [0.5, 0.6) is 0 Å². The lowest BCUT2D eigenvalue weighted by Gasteiger charge is -2.19. The van der Waals surface area contributed by atoms with Crippen molar-refractivity contribution in [2.24, 2.45) is 0 Å². The lowest BCUT2D eigenvalue weighted by molar-refractivity contribution is 0.0534. The van der Waals surface area contributed by atoms with Crippen LogP contribution in [0, 0.1) is 0 Å². The Balaban J connectivity index is 2.53. The first-order valence-electron chi connectivity index (χ1n) is 6.63. The van der Waals surface area contributed by atoms with Gasteiger partial charge >= 0.3 is 6.09 Å². The number of alkyl carbamates (subject to hydrolysis) is 1. The Labute approximate surface area is 130 Å². The maximum absolute atomic E-state index is 11.4. The number of nitrogens with one attached hydrogen (secondary N) is 1. The number of carbonyl (C=O) groups is 2. The summed E-state index contributed by atoms with van der Waals surface area (Å²) in [7, 11) is 0. The number of hydrogen-bond donors (Lipinski definition) is 1. The summed E-state index contributed by atoms with van der Waals surface area (Å²) in [5.41, 5.74) is 0.848. The van der Waals surface area contributed by atoms with Crippen LogP contribution < -0.4 is 5.32 Å². The van der Waals surface area contributed by atoms with Crippen molar-refractivity contribution in [3.63, 3.8) is 0 Å². The summed E-state index contributed by atoms with van der Waals surface area (Å²) < 4.78 is 5.11. The van der Waals surface area contributed by atoms with Gasteiger partial charge in [-0.05, 0) is 45.4 Å². The highest BCUT2D eigenvalue weighted by Gasteiger charge is 2.14. The topological polar surface area (TPSA) is 55.4 Å². The van der Waals surface area contributed by atoms with Crippen molar-refractivity contribution in [3.8, 4) is 0 Å². The van der Waals surface area contributed by atoms with Gasteiger partial charge < -0.3 is 10.1 Å². The molecule has 0 saturated heterocycles. The van der Waals surface area contributed by atoms with Gasteiger partial charge in [0.15, 0.2) is 5.78 Å². The minimum Gasteiger partial charge on any atom is -0.444 e. The van der Waals surface area contributed by atoms with E-state index < -0.39 is 11.7 Å². The Morgan fingerprint density at radius 1 is 1.33 bits per heavy atom. The van der Waals surface area contributed by atoms with E-state index in [0.29, 0.717) is 17.1 Å². The molecule has 0 aliphatic heterocycles. The van der Waals surface area contributed by atoms with Crippen molar-refractivity contribution in [3.05, 3.63) is 40.4 Å². The van der Waals surface area contributed by atoms with E-state index >= 15 is 0 Å². The van der Waals surface area contributed by atoms with Gasteiger partial charge in [-0.3, -0.25) is 4.79 Å². The zero-order valence-corrected chi connectivity index (χ0v) is 13.5. The minimum atomic E-state index is -0.510. The molecule has 0 bridgehead atoms. The number of benzene rings is 1. The molecule has 1 amide bonds. The molecule has 1 aromatic rings. The lowest BCUT2D eigenvalue weighted by Crippen LogP contribution is -2.32. The average molecular weight is 310 g/mol. The van der Waals surface area contributed by atoms with Gasteiger partial charge in [-0.25, -0.2) is 4.79 Å². The van der Waals surface area contributed by atoms with E-state index in [2.05, 4.69) is 5.32 Å². The molecule has 0 aliphatic carbocycles. The van der Waals surface area contributed by atoms with E-state index in [0.717, 1.165) is 5.56 Å². The highest BCUT2D eigenvalue weighted by molar-refractivity contribution is 6.34. The summed E-state index contributed by atoms with van der Waals surface area (Å²) in [6.45, 7) is 7.24. The van der Waals surface area contributed by atoms with Crippen LogP contribution in [-0.4, -0.2) is 24.0 Å². The molecule has 1 aromatic carbocycles. The van der Waals surface area contributed by atoms with Crippen LogP contribution in [-0.2, 0) is 4.74 Å². The van der Waals surface area contributed by atoms with Crippen LogP contribution in [0.25, 0.3) is 6.08 Å². The number of Topliss-reactive ketones (excluding diaryl/α,β-unsaturated/α-hetero) is 1. The van der Waals surface area contributed by atoms with Crippen molar-refractivity contribution in [2.75, 3.05) is 6.54 Å². The summed E-state index contributed by atoms with van der Waals surface area (Å²) >= 11 is 6.02. The second kappa shape index (κ2) is 7.27. The Bertz CT molecular complexity index is 559. The highest BCUT2D eigenvalue weighted by Crippen LogP contribution is 2.19. The van der Waals surface area contributed by atoms with E-state index in [4.69, 9.17) is 16.3 Å². The Kier molecular flexibility index (Phi) is 5.97. The summed E-state index contributed by atoms with van der Waals surface area (Å²) in [6.07, 6.45) is 3.13. The fourth-order valence-corrected chi connectivity index (χ4v) is 1.89. The smallest absolute Gasteiger partial charge is 0.407 e. The predicted molar refractivity (Wildman–Crippen MR) is 84.7 cm³/mol. The second-order valence-corrected chi connectivity index (χ2v) is 5.99. The van der Waals surface area contributed by atoms with Crippen molar-refractivity contribution in [1.29, 1.82) is 0 Å². The van der Waals surface area contributed by atoms with E-state index in [1.165, 1.54) is 6.92 Å². The molecule has 0 atom stereocenters. The summed E-state index contributed by atoms with van der Waals surface area (Å²) in [4.78, 5) is 22.7. The number of hydrogen-bond acceptors (Lipinski definition) is 3. The molecular formula is C16H20ClNO3. The molecular weight excluding hydrogens is 290 g/mol. The monoisotopic (exact) mass is 309 g/mol. The lowest BCUT2D eigenvalue weighted by atomic mass is 10.1. The van der Waals surface area contributed by atoms with Gasteiger partial charge in [-0.15, -0.1) is 0 Å². The second-order valence-electron chi connectivity index (χ2n) is 5.58. The molecule has 0 heterocycles. The minimum absolute atomic E-state index is 0.0675. The van der Waals surface area contributed by atoms with Crippen molar-refractivity contribution in [1.82, 2.24) is 5.32 Å². The third-order valence-corrected chi connectivity index (χ3v) is 2.76. The first kappa shape index (κ1) is 17.2. The molecule has 0 aliphatic rings. The molecule has 0 aromatic heterocycles. The van der Waals surface area contributed by atoms with Gasteiger partial charge in [0.05, 0.1) is 5.02 Å². The fourth-order valence-electron chi connectivity index (χ4n) is 1.57. The summed E-state index contributed by atoms with van der Waals surface area (Å²) in [5.74, 6) is -0.0675. The molecule has 1 N–H and O–H groups in total. The number of halogens is 1. The number of amides is 1. The predicted octanol–water partition coefficient (Wildman–Crippen LogP) is 4.08. The van der Waals surface area contributed by atoms with Gasteiger partial charge in [-0.1, -0.05) is 29.8 Å². The van der Waals surface area contributed by atoms with Crippen LogP contribution in [0.2, 0.25) is 5.02 Å². The third kappa shape index (κ3) is 6.45. The van der Waals surface area contributed by atoms with Crippen LogP contribution in [0.4, 0.5) is 4.79 Å². The zero-order valence-electron chi connectivity index (χ0n) is 12.7. The summed E-state index contributed by atoms with van der Waals surface area (Å²) in [6, 6.07) is 5.19. The Hall–Kier alpha value is -1.81. The maximum atomic E-state index is 11.4. The normalized spacial score (nSPS) is 11.5. The Morgan fingerprint density at radius 3 is 2.52 bits per heavy atom. The van der Waals surface area contributed by atoms with E-state index in [1.807, 2.05) is 6.08 Å². The molecule has 0 saturated carbocycles. The quantitative estimate of drug-likeness (QED) is 0.853. The Morgan fingerprint density at radius 2 is 2.00 bits per heavy atom. The number of rotatable bonds is 4. The maximum Gasteiger partial charge on any atom is 0.407 e. The largest absolute Gasteiger partial charge is 0.444 e. The molecule has 21 heavy (non-hydrogen) atoms. The fraction of sp³-hybridized carbons (Fsp3) is 0.375. The van der Waals surface area contributed by atoms with Crippen LogP contribution in [0.3, 0.4) is 0 Å². The van der Waals surface area contributed by atoms with E-state index in [1.54, 1.807) is 45.0 Å². The van der Waals surface area contributed by atoms with Gasteiger partial charge in [0, 0.05) is 12.1 Å². The van der Waals surface area contributed by atoms with Gasteiger partial charge in [0.1, 0.15) is 5.60 Å². The van der Waals surface area contributed by atoms with Crippen molar-refractivity contribution in [2.45, 2.75) is 33.3 Å². The molecule has 5 heteroatoms. The molecule has 1 rings (SSSR count).